The van der Waals surface area contributed by atoms with Gasteiger partial charge in [-0.2, -0.15) is 0 Å². The van der Waals surface area contributed by atoms with Crippen molar-refractivity contribution in [3.05, 3.63) is 21.1 Å². The molecular weight excluding hydrogens is 268 g/mol. The summed E-state index contributed by atoms with van der Waals surface area (Å²) in [5.41, 5.74) is 1.34. The molecule has 84 valence electrons. The number of hydrogen-bond donors (Lipinski definition) is 1. The van der Waals surface area contributed by atoms with Gasteiger partial charge in [-0.05, 0) is 47.0 Å². The predicted molar refractivity (Wildman–Crippen MR) is 68.3 cm³/mol. The number of fused-ring (bicyclic) bond motifs is 1. The lowest BCUT2D eigenvalue weighted by Crippen LogP contribution is -2.32. The molecule has 0 atom stereocenters. The van der Waals surface area contributed by atoms with Gasteiger partial charge < -0.3 is 5.32 Å². The summed E-state index contributed by atoms with van der Waals surface area (Å²) >= 11 is 3.46. The summed E-state index contributed by atoms with van der Waals surface area (Å²) in [6, 6.07) is 1.92. The second-order valence-corrected chi connectivity index (χ2v) is 4.72. The van der Waals surface area contributed by atoms with Crippen LogP contribution in [0.15, 0.2) is 10.7 Å². The molecule has 2 rings (SSSR count). The molecular formula is C12H13BrN2O. The average molecular weight is 281 g/mol. The van der Waals surface area contributed by atoms with Gasteiger partial charge >= 0.3 is 0 Å². The third-order valence-corrected chi connectivity index (χ3v) is 3.19. The fraction of sp³-hybridized carbons (Fsp3) is 0.333. The van der Waals surface area contributed by atoms with Crippen molar-refractivity contribution < 1.29 is 4.79 Å². The van der Waals surface area contributed by atoms with Crippen LogP contribution < -0.4 is 15.8 Å². The zero-order valence-electron chi connectivity index (χ0n) is 9.30. The summed E-state index contributed by atoms with van der Waals surface area (Å²) < 4.78 is 0.808. The van der Waals surface area contributed by atoms with Crippen LogP contribution in [0.3, 0.4) is 0 Å². The van der Waals surface area contributed by atoms with Gasteiger partial charge in [0.05, 0.1) is 0 Å². The standard InChI is InChI=1S/C12H13BrN2O/c1-7-4-3-5-9-6-10(14-8(2)16)15-12(13)11(7)9/h5-6H,3-4H2,1-2H3,(H,14,16). The highest BCUT2D eigenvalue weighted by molar-refractivity contribution is 9.10. The first-order chi connectivity index (χ1) is 7.58. The van der Waals surface area contributed by atoms with Gasteiger partial charge in [0.15, 0.2) is 0 Å². The molecule has 1 aromatic rings. The summed E-state index contributed by atoms with van der Waals surface area (Å²) in [5, 5.41) is 5.02. The van der Waals surface area contributed by atoms with Gasteiger partial charge in [-0.1, -0.05) is 11.6 Å². The van der Waals surface area contributed by atoms with Crippen LogP contribution in [0.25, 0.3) is 11.6 Å². The first-order valence-electron chi connectivity index (χ1n) is 5.22. The van der Waals surface area contributed by atoms with Crippen molar-refractivity contribution >= 4 is 39.3 Å². The van der Waals surface area contributed by atoms with Crippen LogP contribution in [0, 0.1) is 0 Å². The summed E-state index contributed by atoms with van der Waals surface area (Å²) in [6.07, 6.45) is 4.31. The van der Waals surface area contributed by atoms with Crippen molar-refractivity contribution in [1.29, 1.82) is 0 Å². The first-order valence-corrected chi connectivity index (χ1v) is 6.01. The van der Waals surface area contributed by atoms with E-state index in [1.807, 2.05) is 6.07 Å². The van der Waals surface area contributed by atoms with E-state index >= 15 is 0 Å². The number of hydrogen-bond acceptors (Lipinski definition) is 2. The number of carbonyl (C=O) groups is 1. The normalized spacial score (nSPS) is 14.1. The van der Waals surface area contributed by atoms with E-state index < -0.39 is 0 Å². The fourth-order valence-corrected chi connectivity index (χ4v) is 2.69. The van der Waals surface area contributed by atoms with Crippen LogP contribution >= 0.6 is 15.9 Å². The summed E-state index contributed by atoms with van der Waals surface area (Å²) in [4.78, 5) is 15.3. The Morgan fingerprint density at radius 2 is 2.31 bits per heavy atom. The minimum Gasteiger partial charge on any atom is -0.311 e. The third-order valence-electron chi connectivity index (χ3n) is 2.62. The molecule has 1 N–H and O–H groups in total. The van der Waals surface area contributed by atoms with Gasteiger partial charge in [-0.15, -0.1) is 0 Å². The second kappa shape index (κ2) is 4.37. The van der Waals surface area contributed by atoms with Crippen molar-refractivity contribution in [3.63, 3.8) is 0 Å². The highest BCUT2D eigenvalue weighted by Gasteiger charge is 2.07. The van der Waals surface area contributed by atoms with Gasteiger partial charge in [0.1, 0.15) is 10.4 Å². The molecule has 0 saturated heterocycles. The second-order valence-electron chi connectivity index (χ2n) is 3.97. The van der Waals surface area contributed by atoms with Crippen LogP contribution in [-0.4, -0.2) is 10.9 Å². The van der Waals surface area contributed by atoms with E-state index in [2.05, 4.69) is 39.2 Å². The molecule has 1 aliphatic rings. The zero-order valence-corrected chi connectivity index (χ0v) is 10.9. The maximum absolute atomic E-state index is 11.0. The number of anilines is 1. The van der Waals surface area contributed by atoms with Gasteiger partial charge in [0.25, 0.3) is 0 Å². The number of amides is 1. The Morgan fingerprint density at radius 3 is 3.00 bits per heavy atom. The molecule has 0 saturated carbocycles. The number of nitrogens with zero attached hydrogens (tertiary/aromatic N) is 1. The molecule has 0 fully saturated rings. The van der Waals surface area contributed by atoms with Crippen LogP contribution in [-0.2, 0) is 4.79 Å². The Kier molecular flexibility index (Phi) is 3.10. The number of carbonyl (C=O) groups excluding carboxylic acids is 1. The van der Waals surface area contributed by atoms with Crippen molar-refractivity contribution in [3.8, 4) is 0 Å². The molecule has 1 aromatic heterocycles. The molecule has 0 spiro atoms. The summed E-state index contributed by atoms with van der Waals surface area (Å²) in [6.45, 7) is 3.60. The van der Waals surface area contributed by atoms with E-state index in [1.54, 1.807) is 0 Å². The van der Waals surface area contributed by atoms with Crippen LogP contribution in [0.4, 0.5) is 5.82 Å². The molecule has 3 nitrogen and oxygen atoms in total. The van der Waals surface area contributed by atoms with Crippen LogP contribution in [0.1, 0.15) is 26.7 Å². The molecule has 16 heavy (non-hydrogen) atoms. The minimum absolute atomic E-state index is 0.101. The molecule has 0 aromatic carbocycles. The molecule has 0 aliphatic heterocycles. The lowest BCUT2D eigenvalue weighted by Gasteiger charge is -2.09. The number of nitrogens with one attached hydrogen (secondary N) is 1. The van der Waals surface area contributed by atoms with E-state index in [-0.39, 0.29) is 5.91 Å². The van der Waals surface area contributed by atoms with E-state index in [9.17, 15) is 4.79 Å². The molecule has 4 heteroatoms. The van der Waals surface area contributed by atoms with Gasteiger partial charge in [0, 0.05) is 12.1 Å². The van der Waals surface area contributed by atoms with Crippen molar-refractivity contribution in [2.75, 3.05) is 5.32 Å². The molecule has 1 amide bonds. The summed E-state index contributed by atoms with van der Waals surface area (Å²) in [7, 11) is 0. The topological polar surface area (TPSA) is 42.0 Å². The number of halogens is 1. The van der Waals surface area contributed by atoms with Crippen molar-refractivity contribution in [2.24, 2.45) is 0 Å². The largest absolute Gasteiger partial charge is 0.311 e. The van der Waals surface area contributed by atoms with Crippen molar-refractivity contribution in [1.82, 2.24) is 4.98 Å². The Morgan fingerprint density at radius 1 is 1.56 bits per heavy atom. The van der Waals surface area contributed by atoms with E-state index in [1.165, 1.54) is 17.7 Å². The SMILES string of the molecule is CC(=O)Nc1cc2c(c(Br)n1)=C(C)CCC=2. The maximum Gasteiger partial charge on any atom is 0.222 e. The Hall–Kier alpha value is -1.16. The monoisotopic (exact) mass is 280 g/mol. The van der Waals surface area contributed by atoms with Gasteiger partial charge in [0.2, 0.25) is 5.91 Å². The fourth-order valence-electron chi connectivity index (χ4n) is 1.93. The molecule has 0 bridgehead atoms. The Balaban J connectivity index is 2.64. The highest BCUT2D eigenvalue weighted by Crippen LogP contribution is 2.11. The van der Waals surface area contributed by atoms with Gasteiger partial charge in [-0.25, -0.2) is 4.98 Å². The van der Waals surface area contributed by atoms with Crippen LogP contribution in [0.2, 0.25) is 0 Å². The lowest BCUT2D eigenvalue weighted by molar-refractivity contribution is -0.114. The van der Waals surface area contributed by atoms with Crippen molar-refractivity contribution in [2.45, 2.75) is 26.7 Å². The Bertz CT molecular complexity index is 563. The molecule has 0 unspecified atom stereocenters. The lowest BCUT2D eigenvalue weighted by atomic mass is 10.0. The highest BCUT2D eigenvalue weighted by atomic mass is 79.9. The zero-order chi connectivity index (χ0) is 11.7. The molecule has 1 aliphatic carbocycles. The smallest absolute Gasteiger partial charge is 0.222 e. The third kappa shape index (κ3) is 2.16. The van der Waals surface area contributed by atoms with Gasteiger partial charge in [-0.3, -0.25) is 4.79 Å². The minimum atomic E-state index is -0.101. The Labute approximate surface area is 102 Å². The molecule has 0 radical (unpaired) electrons. The number of pyridine rings is 1. The molecule has 1 heterocycles. The first kappa shape index (κ1) is 11.3. The van der Waals surface area contributed by atoms with E-state index in [0.29, 0.717) is 5.82 Å². The predicted octanol–water partition coefficient (Wildman–Crippen LogP) is 1.55. The average Bonchev–Trinajstić information content (AvgIpc) is 2.15. The quantitative estimate of drug-likeness (QED) is 0.793. The summed E-state index contributed by atoms with van der Waals surface area (Å²) in [5.74, 6) is 0.500. The maximum atomic E-state index is 11.0. The number of aromatic nitrogens is 1. The number of rotatable bonds is 1. The van der Waals surface area contributed by atoms with Crippen LogP contribution in [0.5, 0.6) is 0 Å². The van der Waals surface area contributed by atoms with E-state index in [4.69, 9.17) is 0 Å². The van der Waals surface area contributed by atoms with E-state index in [0.717, 1.165) is 22.7 Å².